The highest BCUT2D eigenvalue weighted by atomic mass is 35.5. The predicted molar refractivity (Wildman–Crippen MR) is 273 cm³/mol. The second kappa shape index (κ2) is 33.8. The Morgan fingerprint density at radius 2 is 1.35 bits per heavy atom. The standard InChI is InChI=1S/C46H67ClF3N9O20P2/c47-46-54-42(34-25-52-59(43(34)55-46)45-40(62)39(61)37(78-45)28-77-81(67,68)29-80(64,65)66)53-32-3-1-30(2-4-32)44(63)51-6-9-70-12-15-73-19-20-75-21-22-76-27-33-26-58(57-56-33)7-10-71-13-16-74-18-17-72-14-11-69-8-5-38(60)79-41-35(49)23-31(48)24-36(41)50/h23-26,30,32,37,39-40,45,61-62H,1-22,27-29H2,(H,51,63)(H,67,68)(H,53,54,55)(H2,64,65,66)/t30?,32?,37-,39-,40-,45-/m1/s1. The van der Waals surface area contributed by atoms with E-state index < -0.39 is 81.4 Å². The number of esters is 1. The highest BCUT2D eigenvalue weighted by molar-refractivity contribution is 7.70. The zero-order valence-corrected chi connectivity index (χ0v) is 46.4. The van der Waals surface area contributed by atoms with Crippen LogP contribution >= 0.6 is 26.8 Å². The summed E-state index contributed by atoms with van der Waals surface area (Å²) >= 11 is 6.28. The van der Waals surface area contributed by atoms with Crippen molar-refractivity contribution in [1.29, 1.82) is 0 Å². The maximum atomic E-state index is 13.6. The molecule has 0 bridgehead atoms. The number of aliphatic hydroxyl groups is 2. The maximum Gasteiger partial charge on any atom is 0.340 e. The SMILES string of the molecule is O=C(CCOCCOCCOCCOCCn1cc(COCCOCCOCCOCCNC(=O)C2CCC(Nc3nc(Cl)nc4c3cnn4[C@@H]3O[C@H](COP(=O)(O)CP(=O)(O)O)[C@@H](O)[C@H]3O)CC2)nn1)Oc1c(F)cc(F)cc1F. The topological polar surface area (TPSA) is 369 Å². The minimum atomic E-state index is -4.90. The second-order valence-corrected chi connectivity index (χ2v) is 22.5. The minimum Gasteiger partial charge on any atom is -0.420 e. The quantitative estimate of drug-likeness (QED) is 0.0110. The number of hydrogen-bond acceptors (Lipinski definition) is 23. The van der Waals surface area contributed by atoms with Crippen LogP contribution in [0.25, 0.3) is 11.0 Å². The molecule has 2 fully saturated rings. The summed E-state index contributed by atoms with van der Waals surface area (Å²) in [4.78, 5) is 61.1. The summed E-state index contributed by atoms with van der Waals surface area (Å²) in [6, 6.07) is 0.748. The van der Waals surface area contributed by atoms with Crippen LogP contribution in [0.2, 0.25) is 5.28 Å². The summed E-state index contributed by atoms with van der Waals surface area (Å²) in [7, 11) is -9.66. The van der Waals surface area contributed by atoms with Gasteiger partial charge < -0.3 is 87.4 Å². The van der Waals surface area contributed by atoms with E-state index >= 15 is 0 Å². The van der Waals surface area contributed by atoms with Crippen LogP contribution in [0.15, 0.2) is 24.5 Å². The van der Waals surface area contributed by atoms with E-state index in [0.29, 0.717) is 147 Å². The van der Waals surface area contributed by atoms with Gasteiger partial charge in [0.25, 0.3) is 0 Å². The molecule has 1 saturated carbocycles. The fourth-order valence-electron chi connectivity index (χ4n) is 8.03. The summed E-state index contributed by atoms with van der Waals surface area (Å²) in [6.07, 6.45) is -0.572. The van der Waals surface area contributed by atoms with E-state index in [2.05, 4.69) is 40.7 Å². The van der Waals surface area contributed by atoms with Crippen molar-refractivity contribution in [2.45, 2.75) is 75.8 Å². The summed E-state index contributed by atoms with van der Waals surface area (Å²) < 4.78 is 125. The Bertz CT molecular complexity index is 2650. The van der Waals surface area contributed by atoms with Gasteiger partial charge in [-0.1, -0.05) is 5.21 Å². The number of carbonyl (C=O) groups is 2. The third kappa shape index (κ3) is 22.9. The van der Waals surface area contributed by atoms with Crippen LogP contribution in [0, 0.1) is 23.4 Å². The number of halogens is 4. The summed E-state index contributed by atoms with van der Waals surface area (Å²) in [6.45, 7) is 4.83. The number of anilines is 1. The maximum absolute atomic E-state index is 13.6. The lowest BCUT2D eigenvalue weighted by Gasteiger charge is -2.29. The number of ether oxygens (including phenoxy) is 10. The average molecular weight is 1220 g/mol. The second-order valence-electron chi connectivity index (χ2n) is 18.2. The number of aliphatic hydroxyl groups excluding tert-OH is 2. The molecule has 0 spiro atoms. The number of benzene rings is 1. The zero-order valence-electron chi connectivity index (χ0n) is 43.8. The lowest BCUT2D eigenvalue weighted by atomic mass is 9.85. The molecule has 35 heteroatoms. The minimum absolute atomic E-state index is 0.0636. The van der Waals surface area contributed by atoms with Gasteiger partial charge in [0, 0.05) is 30.6 Å². The van der Waals surface area contributed by atoms with Crippen molar-refractivity contribution in [3.05, 3.63) is 53.0 Å². The first kappa shape index (κ1) is 65.7. The fraction of sp³-hybridized carbons (Fsp3) is 0.674. The first-order chi connectivity index (χ1) is 38.9. The molecule has 6 rings (SSSR count). The first-order valence-electron chi connectivity index (χ1n) is 25.7. The third-order valence-electron chi connectivity index (χ3n) is 12.0. The van der Waals surface area contributed by atoms with Gasteiger partial charge in [-0.25, -0.2) is 22.5 Å². The van der Waals surface area contributed by atoms with Gasteiger partial charge in [0.2, 0.25) is 16.9 Å². The van der Waals surface area contributed by atoms with Gasteiger partial charge in [-0.3, -0.25) is 18.7 Å². The van der Waals surface area contributed by atoms with Crippen LogP contribution in [0.4, 0.5) is 19.0 Å². The smallest absolute Gasteiger partial charge is 0.340 e. The molecule has 4 aromatic rings. The molecular formula is C46H67ClF3N9O20P2. The van der Waals surface area contributed by atoms with Crippen molar-refractivity contribution in [3.63, 3.8) is 0 Å². The first-order valence-corrected chi connectivity index (χ1v) is 29.6. The zero-order chi connectivity index (χ0) is 58.2. The van der Waals surface area contributed by atoms with Crippen molar-refractivity contribution in [2.75, 3.05) is 123 Å². The number of nitrogens with zero attached hydrogens (tertiary/aromatic N) is 7. The molecule has 2 aliphatic rings. The van der Waals surface area contributed by atoms with E-state index in [-0.39, 0.29) is 61.6 Å². The van der Waals surface area contributed by atoms with Crippen molar-refractivity contribution < 1.29 is 109 Å². The third-order valence-corrected chi connectivity index (χ3v) is 15.6. The predicted octanol–water partition coefficient (Wildman–Crippen LogP) is 1.86. The Balaban J connectivity index is 0.697. The van der Waals surface area contributed by atoms with Gasteiger partial charge >= 0.3 is 21.2 Å². The molecule has 1 amide bonds. The number of hydrogen-bond donors (Lipinski definition) is 7. The van der Waals surface area contributed by atoms with Crippen molar-refractivity contribution in [2.24, 2.45) is 5.92 Å². The molecule has 1 aromatic carbocycles. The Morgan fingerprint density at radius 3 is 1.96 bits per heavy atom. The number of aromatic nitrogens is 7. The summed E-state index contributed by atoms with van der Waals surface area (Å²) in [5.74, 6) is -7.02. The van der Waals surface area contributed by atoms with Crippen LogP contribution in [0.1, 0.15) is 44.0 Å². The van der Waals surface area contributed by atoms with Crippen LogP contribution < -0.4 is 15.4 Å². The Morgan fingerprint density at radius 1 is 0.765 bits per heavy atom. The molecular weight excluding hydrogens is 1150 g/mol. The van der Waals surface area contributed by atoms with E-state index in [1.165, 1.54) is 6.20 Å². The largest absolute Gasteiger partial charge is 0.420 e. The van der Waals surface area contributed by atoms with Crippen LogP contribution in [-0.4, -0.2) is 214 Å². The van der Waals surface area contributed by atoms with E-state index in [1.807, 2.05) is 0 Å². The highest BCUT2D eigenvalue weighted by Gasteiger charge is 2.46. The lowest BCUT2D eigenvalue weighted by molar-refractivity contribution is -0.136. The Labute approximate surface area is 466 Å². The molecule has 1 unspecified atom stereocenters. The Kier molecular flexibility index (Phi) is 27.4. The van der Waals surface area contributed by atoms with Crippen LogP contribution in [0.5, 0.6) is 5.75 Å². The van der Waals surface area contributed by atoms with Gasteiger partial charge in [0.15, 0.2) is 29.4 Å². The van der Waals surface area contributed by atoms with E-state index in [9.17, 15) is 47.0 Å². The van der Waals surface area contributed by atoms with Gasteiger partial charge in [-0.05, 0) is 37.3 Å². The summed E-state index contributed by atoms with van der Waals surface area (Å²) in [5.41, 5.74) is 0.794. The lowest BCUT2D eigenvalue weighted by Crippen LogP contribution is -2.37. The van der Waals surface area contributed by atoms with Crippen LogP contribution in [0.3, 0.4) is 0 Å². The molecule has 81 heavy (non-hydrogen) atoms. The molecule has 5 atom stereocenters. The summed E-state index contributed by atoms with van der Waals surface area (Å²) in [5, 5.41) is 40.3. The fourth-order valence-corrected chi connectivity index (χ4v) is 10.8. The normalized spacial score (nSPS) is 20.2. The molecule has 1 saturated heterocycles. The number of rotatable bonds is 39. The molecule has 3 aromatic heterocycles. The average Bonchev–Trinajstić information content (AvgIpc) is 4.17. The number of amides is 1. The van der Waals surface area contributed by atoms with Crippen LogP contribution in [-0.2, 0) is 79.0 Å². The monoisotopic (exact) mass is 1220 g/mol. The van der Waals surface area contributed by atoms with Crippen molar-refractivity contribution in [1.82, 2.24) is 40.1 Å². The van der Waals surface area contributed by atoms with Gasteiger partial charge in [-0.15, -0.1) is 5.10 Å². The molecule has 29 nitrogen and oxygen atoms in total. The number of nitrogens with one attached hydrogen (secondary N) is 2. The van der Waals surface area contributed by atoms with E-state index in [4.69, 9.17) is 68.5 Å². The Hall–Kier alpha value is -4.41. The molecule has 454 valence electrons. The number of fused-ring (bicyclic) bond motifs is 1. The number of carbonyl (C=O) groups excluding carboxylic acids is 2. The molecule has 1 aliphatic heterocycles. The molecule has 4 heterocycles. The highest BCUT2D eigenvalue weighted by Crippen LogP contribution is 2.55. The van der Waals surface area contributed by atoms with Crippen molar-refractivity contribution in [3.8, 4) is 5.75 Å². The molecule has 7 N–H and O–H groups in total. The molecule has 0 radical (unpaired) electrons. The van der Waals surface area contributed by atoms with Gasteiger partial charge in [-0.2, -0.15) is 15.1 Å². The van der Waals surface area contributed by atoms with E-state index in [1.54, 1.807) is 10.9 Å². The van der Waals surface area contributed by atoms with Gasteiger partial charge in [0.1, 0.15) is 35.6 Å². The van der Waals surface area contributed by atoms with Crippen molar-refractivity contribution >= 4 is 55.5 Å². The molecule has 1 aliphatic carbocycles. The van der Waals surface area contributed by atoms with E-state index in [0.717, 1.165) is 4.68 Å². The van der Waals surface area contributed by atoms with Gasteiger partial charge in [0.05, 0.1) is 143 Å².